The number of nitrogens with one attached hydrogen (secondary N) is 1. The molecule has 1 aromatic carbocycles. The number of amides is 2. The van der Waals surface area contributed by atoms with Crippen molar-refractivity contribution in [2.24, 2.45) is 0 Å². The van der Waals surface area contributed by atoms with Crippen molar-refractivity contribution in [3.05, 3.63) is 29.3 Å². The Bertz CT molecular complexity index is 1150. The summed E-state index contributed by atoms with van der Waals surface area (Å²) in [6.07, 6.45) is 2.96. The minimum atomic E-state index is -3.88. The molecule has 3 heterocycles. The van der Waals surface area contributed by atoms with Gasteiger partial charge in [0.25, 0.3) is 10.0 Å². The summed E-state index contributed by atoms with van der Waals surface area (Å²) in [5.41, 5.74) is 0. The SMILES string of the molecule is CN(C)CC1CCCN1C(=O)CN1CCCC(NS(=O)(=O)c2cc3cc(Cl)ccc3s2)C1=O. The standard InChI is InChI=1S/C22H29ClN4O4S2/c1-25(2)13-17-5-3-10-27(17)20(28)14-26-9-4-6-18(22(26)29)24-33(30,31)21-12-15-11-16(23)7-8-19(15)32-21/h7-8,11-12,17-18,24H,3-6,9-10,13-14H2,1-2H3. The molecule has 2 atom stereocenters. The molecule has 2 unspecified atom stereocenters. The maximum atomic E-state index is 13.1. The number of thiophene rings is 1. The van der Waals surface area contributed by atoms with Gasteiger partial charge in [0.15, 0.2) is 0 Å². The molecule has 0 radical (unpaired) electrons. The molecule has 2 amide bonds. The number of halogens is 1. The van der Waals surface area contributed by atoms with Crippen LogP contribution in [0.2, 0.25) is 5.02 Å². The van der Waals surface area contributed by atoms with E-state index in [1.807, 2.05) is 19.0 Å². The van der Waals surface area contributed by atoms with Gasteiger partial charge in [0.2, 0.25) is 11.8 Å². The molecule has 2 aliphatic heterocycles. The fourth-order valence-electron chi connectivity index (χ4n) is 4.60. The van der Waals surface area contributed by atoms with Crippen molar-refractivity contribution in [3.63, 3.8) is 0 Å². The first kappa shape index (κ1) is 24.4. The number of carbonyl (C=O) groups excluding carboxylic acids is 2. The monoisotopic (exact) mass is 512 g/mol. The Morgan fingerprint density at radius 2 is 1.97 bits per heavy atom. The fourth-order valence-corrected chi connectivity index (χ4v) is 7.40. The average molecular weight is 513 g/mol. The fraction of sp³-hybridized carbons (Fsp3) is 0.545. The molecule has 0 spiro atoms. The molecule has 0 saturated carbocycles. The molecule has 2 aromatic rings. The summed E-state index contributed by atoms with van der Waals surface area (Å²) < 4.78 is 29.5. The third-order valence-corrected chi connectivity index (χ3v) is 9.44. The minimum absolute atomic E-state index is 0.0115. The van der Waals surface area contributed by atoms with E-state index >= 15 is 0 Å². The van der Waals surface area contributed by atoms with E-state index in [1.54, 1.807) is 24.3 Å². The quantitative estimate of drug-likeness (QED) is 0.615. The number of piperidine rings is 1. The molecule has 2 saturated heterocycles. The van der Waals surface area contributed by atoms with E-state index < -0.39 is 16.1 Å². The Morgan fingerprint density at radius 3 is 2.73 bits per heavy atom. The first-order valence-corrected chi connectivity index (χ1v) is 13.8. The molecule has 0 bridgehead atoms. The number of fused-ring (bicyclic) bond motifs is 1. The van der Waals surface area contributed by atoms with Crippen LogP contribution < -0.4 is 4.72 Å². The highest BCUT2D eigenvalue weighted by Crippen LogP contribution is 2.31. The molecule has 1 aromatic heterocycles. The van der Waals surface area contributed by atoms with Gasteiger partial charge in [0.1, 0.15) is 10.3 Å². The van der Waals surface area contributed by atoms with E-state index in [9.17, 15) is 18.0 Å². The van der Waals surface area contributed by atoms with Crippen LogP contribution in [0.5, 0.6) is 0 Å². The molecule has 8 nitrogen and oxygen atoms in total. The molecule has 1 N–H and O–H groups in total. The van der Waals surface area contributed by atoms with Crippen LogP contribution in [0.1, 0.15) is 25.7 Å². The first-order valence-electron chi connectivity index (χ1n) is 11.1. The van der Waals surface area contributed by atoms with Gasteiger partial charge in [-0.25, -0.2) is 8.42 Å². The van der Waals surface area contributed by atoms with Gasteiger partial charge in [-0.05, 0) is 69.4 Å². The van der Waals surface area contributed by atoms with Crippen molar-refractivity contribution >= 4 is 54.9 Å². The van der Waals surface area contributed by atoms with Gasteiger partial charge in [0.05, 0.1) is 6.54 Å². The Labute approximate surface area is 203 Å². The predicted octanol–water partition coefficient (Wildman–Crippen LogP) is 2.38. The Hall–Kier alpha value is -1.72. The highest BCUT2D eigenvalue weighted by molar-refractivity contribution is 7.91. The summed E-state index contributed by atoms with van der Waals surface area (Å²) in [5, 5.41) is 1.28. The number of hydrogen-bond acceptors (Lipinski definition) is 6. The summed E-state index contributed by atoms with van der Waals surface area (Å²) in [4.78, 5) is 31.4. The van der Waals surface area contributed by atoms with E-state index in [1.165, 1.54) is 4.90 Å². The van der Waals surface area contributed by atoms with Crippen LogP contribution in [0.3, 0.4) is 0 Å². The smallest absolute Gasteiger partial charge is 0.250 e. The maximum Gasteiger partial charge on any atom is 0.250 e. The number of sulfonamides is 1. The van der Waals surface area contributed by atoms with E-state index in [2.05, 4.69) is 9.62 Å². The van der Waals surface area contributed by atoms with Crippen LogP contribution in [-0.4, -0.2) is 87.3 Å². The highest BCUT2D eigenvalue weighted by Gasteiger charge is 2.36. The lowest BCUT2D eigenvalue weighted by molar-refractivity contribution is -0.143. The Morgan fingerprint density at radius 1 is 1.21 bits per heavy atom. The summed E-state index contributed by atoms with van der Waals surface area (Å²) in [5.74, 6) is -0.414. The molecule has 11 heteroatoms. The molecule has 33 heavy (non-hydrogen) atoms. The average Bonchev–Trinajstić information content (AvgIpc) is 3.37. The largest absolute Gasteiger partial charge is 0.337 e. The molecule has 2 aliphatic rings. The van der Waals surface area contributed by atoms with E-state index in [-0.39, 0.29) is 28.6 Å². The summed E-state index contributed by atoms with van der Waals surface area (Å²) in [7, 11) is 0.0860. The second-order valence-corrected chi connectivity index (χ2v) is 12.4. The number of likely N-dealkylation sites (tertiary alicyclic amines) is 2. The molecule has 4 rings (SSSR count). The second-order valence-electron chi connectivity index (χ2n) is 8.97. The maximum absolute atomic E-state index is 13.1. The lowest BCUT2D eigenvalue weighted by atomic mass is 10.1. The molecule has 180 valence electrons. The van der Waals surface area contributed by atoms with Crippen LogP contribution in [0, 0.1) is 0 Å². The zero-order valence-electron chi connectivity index (χ0n) is 18.8. The number of nitrogens with zero attached hydrogens (tertiary/aromatic N) is 3. The van der Waals surface area contributed by atoms with Crippen LogP contribution in [-0.2, 0) is 19.6 Å². The van der Waals surface area contributed by atoms with Crippen molar-refractivity contribution in [1.82, 2.24) is 19.4 Å². The normalized spacial score (nSPS) is 22.0. The highest BCUT2D eigenvalue weighted by atomic mass is 35.5. The van der Waals surface area contributed by atoms with Gasteiger partial charge < -0.3 is 14.7 Å². The summed E-state index contributed by atoms with van der Waals surface area (Å²) >= 11 is 7.15. The molecule has 0 aliphatic carbocycles. The van der Waals surface area contributed by atoms with Gasteiger partial charge in [0, 0.05) is 35.4 Å². The van der Waals surface area contributed by atoms with Crippen LogP contribution in [0.25, 0.3) is 10.1 Å². The number of rotatable bonds is 7. The zero-order valence-corrected chi connectivity index (χ0v) is 21.2. The topological polar surface area (TPSA) is 90.0 Å². The van der Waals surface area contributed by atoms with Gasteiger partial charge >= 0.3 is 0 Å². The lowest BCUT2D eigenvalue weighted by Gasteiger charge is -2.34. The van der Waals surface area contributed by atoms with E-state index in [4.69, 9.17) is 11.6 Å². The van der Waals surface area contributed by atoms with Crippen LogP contribution >= 0.6 is 22.9 Å². The first-order chi connectivity index (χ1) is 15.6. The number of carbonyl (C=O) groups is 2. The van der Waals surface area contributed by atoms with Gasteiger partial charge in [-0.1, -0.05) is 11.6 Å². The van der Waals surface area contributed by atoms with Crippen LogP contribution in [0.15, 0.2) is 28.5 Å². The van der Waals surface area contributed by atoms with E-state index in [0.717, 1.165) is 40.8 Å². The lowest BCUT2D eigenvalue weighted by Crippen LogP contribution is -2.55. The number of benzene rings is 1. The molecule has 2 fully saturated rings. The van der Waals surface area contributed by atoms with Gasteiger partial charge in [-0.2, -0.15) is 4.72 Å². The predicted molar refractivity (Wildman–Crippen MR) is 130 cm³/mol. The Kier molecular flexibility index (Phi) is 7.30. The third-order valence-electron chi connectivity index (χ3n) is 6.15. The van der Waals surface area contributed by atoms with Crippen molar-refractivity contribution in [2.75, 3.05) is 40.3 Å². The Balaban J connectivity index is 1.43. The van der Waals surface area contributed by atoms with Gasteiger partial charge in [-0.15, -0.1) is 11.3 Å². The third kappa shape index (κ3) is 5.51. The van der Waals surface area contributed by atoms with Gasteiger partial charge in [-0.3, -0.25) is 9.59 Å². The van der Waals surface area contributed by atoms with E-state index in [0.29, 0.717) is 31.0 Å². The summed E-state index contributed by atoms with van der Waals surface area (Å²) in [6.45, 7) is 1.94. The number of likely N-dealkylation sites (N-methyl/N-ethyl adjacent to an activating group) is 1. The van der Waals surface area contributed by atoms with Crippen molar-refractivity contribution in [2.45, 2.75) is 42.0 Å². The minimum Gasteiger partial charge on any atom is -0.337 e. The van der Waals surface area contributed by atoms with Crippen molar-refractivity contribution < 1.29 is 18.0 Å². The van der Waals surface area contributed by atoms with Crippen molar-refractivity contribution in [1.29, 1.82) is 0 Å². The van der Waals surface area contributed by atoms with Crippen LogP contribution in [0.4, 0.5) is 0 Å². The molecular formula is C22H29ClN4O4S2. The summed E-state index contributed by atoms with van der Waals surface area (Å²) in [6, 6.07) is 6.06. The van der Waals surface area contributed by atoms with Crippen molar-refractivity contribution in [3.8, 4) is 0 Å². The number of hydrogen-bond donors (Lipinski definition) is 1. The molecular weight excluding hydrogens is 484 g/mol. The second kappa shape index (κ2) is 9.87. The zero-order chi connectivity index (χ0) is 23.8.